The van der Waals surface area contributed by atoms with E-state index in [4.69, 9.17) is 11.6 Å². The molecule has 1 N–H and O–H groups in total. The van der Waals surface area contributed by atoms with Crippen LogP contribution < -0.4 is 9.62 Å². The van der Waals surface area contributed by atoms with Gasteiger partial charge in [-0.15, -0.1) is 0 Å². The molecule has 2 aromatic rings. The Labute approximate surface area is 189 Å². The minimum Gasteiger partial charge on any atom is -0.352 e. The van der Waals surface area contributed by atoms with Crippen LogP contribution in [0.25, 0.3) is 0 Å². The molecular formula is C20H22ClF3N4O3S. The molecule has 174 valence electrons. The van der Waals surface area contributed by atoms with Crippen molar-refractivity contribution in [3.05, 3.63) is 52.7 Å². The third kappa shape index (κ3) is 5.51. The number of sulfonamides is 1. The molecule has 0 unspecified atom stereocenters. The Morgan fingerprint density at radius 2 is 1.81 bits per heavy atom. The highest BCUT2D eigenvalue weighted by atomic mass is 35.5. The molecule has 1 aromatic carbocycles. The van der Waals surface area contributed by atoms with E-state index < -0.39 is 21.8 Å². The number of anilines is 1. The van der Waals surface area contributed by atoms with Gasteiger partial charge in [0.15, 0.2) is 0 Å². The van der Waals surface area contributed by atoms with Gasteiger partial charge in [0.25, 0.3) is 5.91 Å². The Morgan fingerprint density at radius 3 is 2.38 bits per heavy atom. The summed E-state index contributed by atoms with van der Waals surface area (Å²) in [5, 5.41) is -0.116. The zero-order valence-electron chi connectivity index (χ0n) is 17.4. The summed E-state index contributed by atoms with van der Waals surface area (Å²) in [4.78, 5) is 20.0. The van der Waals surface area contributed by atoms with Crippen LogP contribution in [0.3, 0.4) is 0 Å². The number of benzene rings is 1. The molecule has 1 fully saturated rings. The lowest BCUT2D eigenvalue weighted by Crippen LogP contribution is -2.49. The van der Waals surface area contributed by atoms with Crippen molar-refractivity contribution in [2.75, 3.05) is 31.1 Å². The van der Waals surface area contributed by atoms with E-state index in [-0.39, 0.29) is 46.3 Å². The topological polar surface area (TPSA) is 82.6 Å². The first-order valence-electron chi connectivity index (χ1n) is 9.78. The molecule has 0 spiro atoms. The Bertz CT molecular complexity index is 1100. The van der Waals surface area contributed by atoms with Crippen molar-refractivity contribution in [3.63, 3.8) is 0 Å². The summed E-state index contributed by atoms with van der Waals surface area (Å²) in [6.45, 7) is 4.58. The number of pyridine rings is 1. The van der Waals surface area contributed by atoms with Gasteiger partial charge < -0.3 is 9.80 Å². The zero-order valence-corrected chi connectivity index (χ0v) is 18.9. The maximum absolute atomic E-state index is 12.9. The standard InChI is InChI=1S/C20H22ClF3N4O3S/c1-13(2)26-32(30,31)16-5-3-4-14(10-16)19(29)28-8-6-27(7-9-28)18-17(21)11-15(12-25-18)20(22,23)24/h3-5,10-13,26H,6-9H2,1-2H3. The third-order valence-electron chi connectivity index (χ3n) is 4.80. The number of piperazine rings is 1. The second-order valence-corrected chi connectivity index (χ2v) is 9.73. The van der Waals surface area contributed by atoms with Gasteiger partial charge in [-0.1, -0.05) is 17.7 Å². The van der Waals surface area contributed by atoms with Crippen LogP contribution in [0.1, 0.15) is 29.8 Å². The molecule has 12 heteroatoms. The number of amides is 1. The molecule has 7 nitrogen and oxygen atoms in total. The van der Waals surface area contributed by atoms with Crippen molar-refractivity contribution >= 4 is 33.3 Å². The predicted octanol–water partition coefficient (Wildman–Crippen LogP) is 3.40. The molecule has 1 saturated heterocycles. The van der Waals surface area contributed by atoms with E-state index >= 15 is 0 Å². The molecule has 0 atom stereocenters. The molecule has 32 heavy (non-hydrogen) atoms. The summed E-state index contributed by atoms with van der Waals surface area (Å²) >= 11 is 6.01. The number of hydrogen-bond donors (Lipinski definition) is 1. The van der Waals surface area contributed by atoms with Crippen LogP contribution in [0.4, 0.5) is 19.0 Å². The largest absolute Gasteiger partial charge is 0.417 e. The Morgan fingerprint density at radius 1 is 1.16 bits per heavy atom. The molecule has 1 amide bonds. The number of nitrogens with zero attached hydrogens (tertiary/aromatic N) is 3. The molecule has 3 rings (SSSR count). The Hall–Kier alpha value is -2.37. The lowest BCUT2D eigenvalue weighted by molar-refractivity contribution is -0.137. The summed E-state index contributed by atoms with van der Waals surface area (Å²) in [5.41, 5.74) is -0.697. The van der Waals surface area contributed by atoms with Crippen molar-refractivity contribution in [2.24, 2.45) is 0 Å². The van der Waals surface area contributed by atoms with Gasteiger partial charge in [0.1, 0.15) is 5.82 Å². The number of aromatic nitrogens is 1. The lowest BCUT2D eigenvalue weighted by atomic mass is 10.2. The van der Waals surface area contributed by atoms with Crippen LogP contribution in [0.5, 0.6) is 0 Å². The maximum Gasteiger partial charge on any atom is 0.417 e. The van der Waals surface area contributed by atoms with Crippen LogP contribution >= 0.6 is 11.6 Å². The van der Waals surface area contributed by atoms with Crippen molar-refractivity contribution in [3.8, 4) is 0 Å². The van der Waals surface area contributed by atoms with E-state index in [1.807, 2.05) is 0 Å². The second-order valence-electron chi connectivity index (χ2n) is 7.61. The van der Waals surface area contributed by atoms with Crippen LogP contribution in [-0.2, 0) is 16.2 Å². The number of rotatable bonds is 5. The van der Waals surface area contributed by atoms with Gasteiger partial charge in [-0.05, 0) is 38.1 Å². The lowest BCUT2D eigenvalue weighted by Gasteiger charge is -2.36. The number of alkyl halides is 3. The van der Waals surface area contributed by atoms with Crippen molar-refractivity contribution in [2.45, 2.75) is 31.0 Å². The molecule has 0 bridgehead atoms. The van der Waals surface area contributed by atoms with Gasteiger partial charge in [0.2, 0.25) is 10.0 Å². The highest BCUT2D eigenvalue weighted by Gasteiger charge is 2.32. The normalized spacial score (nSPS) is 15.3. The van der Waals surface area contributed by atoms with E-state index in [9.17, 15) is 26.4 Å². The first kappa shape index (κ1) is 24.3. The number of hydrogen-bond acceptors (Lipinski definition) is 5. The minimum absolute atomic E-state index is 0.00331. The summed E-state index contributed by atoms with van der Waals surface area (Å²) < 4.78 is 65.7. The highest BCUT2D eigenvalue weighted by molar-refractivity contribution is 7.89. The van der Waals surface area contributed by atoms with Crippen LogP contribution in [0.15, 0.2) is 41.4 Å². The Balaban J connectivity index is 1.70. The fourth-order valence-electron chi connectivity index (χ4n) is 3.30. The molecule has 2 heterocycles. The van der Waals surface area contributed by atoms with Gasteiger partial charge in [-0.25, -0.2) is 18.1 Å². The molecule has 1 aromatic heterocycles. The minimum atomic E-state index is -4.53. The first-order valence-corrected chi connectivity index (χ1v) is 11.6. The van der Waals surface area contributed by atoms with E-state index in [0.29, 0.717) is 13.1 Å². The van der Waals surface area contributed by atoms with E-state index in [1.54, 1.807) is 23.6 Å². The molecule has 1 aliphatic heterocycles. The van der Waals surface area contributed by atoms with Gasteiger partial charge in [-0.3, -0.25) is 4.79 Å². The predicted molar refractivity (Wildman–Crippen MR) is 114 cm³/mol. The maximum atomic E-state index is 12.9. The summed E-state index contributed by atoms with van der Waals surface area (Å²) in [6.07, 6.45) is -3.80. The van der Waals surface area contributed by atoms with Crippen LogP contribution in [-0.4, -0.2) is 56.4 Å². The molecular weight excluding hydrogens is 469 g/mol. The van der Waals surface area contributed by atoms with Gasteiger partial charge in [-0.2, -0.15) is 13.2 Å². The summed E-state index contributed by atoms with van der Waals surface area (Å²) in [5.74, 6) is -0.114. The van der Waals surface area contributed by atoms with E-state index in [2.05, 4.69) is 9.71 Å². The third-order valence-corrected chi connectivity index (χ3v) is 6.73. The van der Waals surface area contributed by atoms with E-state index in [0.717, 1.165) is 12.3 Å². The molecule has 1 aliphatic rings. The van der Waals surface area contributed by atoms with Gasteiger partial charge >= 0.3 is 6.18 Å². The van der Waals surface area contributed by atoms with Crippen molar-refractivity contribution in [1.29, 1.82) is 0 Å². The van der Waals surface area contributed by atoms with Crippen LogP contribution in [0, 0.1) is 0 Å². The average Bonchev–Trinajstić information content (AvgIpc) is 2.72. The fraction of sp³-hybridized carbons (Fsp3) is 0.400. The molecule has 0 saturated carbocycles. The quantitative estimate of drug-likeness (QED) is 0.694. The number of carbonyl (C=O) groups is 1. The number of nitrogens with one attached hydrogen (secondary N) is 1. The van der Waals surface area contributed by atoms with Gasteiger partial charge in [0.05, 0.1) is 15.5 Å². The van der Waals surface area contributed by atoms with Crippen LogP contribution in [0.2, 0.25) is 5.02 Å². The molecule has 0 aliphatic carbocycles. The number of carbonyl (C=O) groups excluding carboxylic acids is 1. The van der Waals surface area contributed by atoms with E-state index in [1.165, 1.54) is 24.3 Å². The summed E-state index contributed by atoms with van der Waals surface area (Å²) in [6, 6.07) is 6.32. The highest BCUT2D eigenvalue weighted by Crippen LogP contribution is 2.33. The summed E-state index contributed by atoms with van der Waals surface area (Å²) in [7, 11) is -3.74. The average molecular weight is 491 g/mol. The molecule has 0 radical (unpaired) electrons. The van der Waals surface area contributed by atoms with Crippen molar-refractivity contribution in [1.82, 2.24) is 14.6 Å². The number of halogens is 4. The SMILES string of the molecule is CC(C)NS(=O)(=O)c1cccc(C(=O)N2CCN(c3ncc(C(F)(F)F)cc3Cl)CC2)c1. The van der Waals surface area contributed by atoms with Gasteiger partial charge in [0, 0.05) is 44.0 Å². The van der Waals surface area contributed by atoms with Crippen molar-refractivity contribution < 1.29 is 26.4 Å². The smallest absolute Gasteiger partial charge is 0.352 e. The second kappa shape index (κ2) is 9.24. The zero-order chi connectivity index (χ0) is 23.7. The monoisotopic (exact) mass is 490 g/mol. The fourth-order valence-corrected chi connectivity index (χ4v) is 4.88. The first-order chi connectivity index (χ1) is 14.9. The Kier molecular flexibility index (Phi) is 7.01.